The lowest BCUT2D eigenvalue weighted by Gasteiger charge is -2.22. The zero-order chi connectivity index (χ0) is 13.5. The van der Waals surface area contributed by atoms with Gasteiger partial charge in [0.05, 0.1) is 12.7 Å². The summed E-state index contributed by atoms with van der Waals surface area (Å²) in [7, 11) is 5.41. The zero-order valence-electron chi connectivity index (χ0n) is 11.6. The Bertz CT molecular complexity index is 343. The summed E-state index contributed by atoms with van der Waals surface area (Å²) in [5.41, 5.74) is 1.15. The van der Waals surface area contributed by atoms with Gasteiger partial charge in [-0.05, 0) is 25.6 Å². The van der Waals surface area contributed by atoms with E-state index in [-0.39, 0.29) is 6.04 Å². The van der Waals surface area contributed by atoms with E-state index in [4.69, 9.17) is 4.74 Å². The van der Waals surface area contributed by atoms with Gasteiger partial charge in [-0.2, -0.15) is 0 Å². The second-order valence-electron chi connectivity index (χ2n) is 4.45. The largest absolute Gasteiger partial charge is 0.389 e. The number of pyridine rings is 1. The van der Waals surface area contributed by atoms with E-state index in [0.29, 0.717) is 13.2 Å². The average molecular weight is 253 g/mol. The summed E-state index contributed by atoms with van der Waals surface area (Å²) >= 11 is 0. The van der Waals surface area contributed by atoms with Gasteiger partial charge in [-0.25, -0.2) is 4.98 Å². The molecule has 102 valence electrons. The minimum Gasteiger partial charge on any atom is -0.389 e. The summed E-state index contributed by atoms with van der Waals surface area (Å²) in [6.45, 7) is 2.92. The van der Waals surface area contributed by atoms with Crippen LogP contribution in [0.4, 0.5) is 5.82 Å². The van der Waals surface area contributed by atoms with Gasteiger partial charge in [-0.3, -0.25) is 0 Å². The normalized spacial score (nSPS) is 14.3. The fourth-order valence-electron chi connectivity index (χ4n) is 1.70. The topological polar surface area (TPSA) is 57.6 Å². The van der Waals surface area contributed by atoms with Gasteiger partial charge in [0.2, 0.25) is 0 Å². The summed E-state index contributed by atoms with van der Waals surface area (Å²) in [5.74, 6) is 0.845. The van der Waals surface area contributed by atoms with E-state index in [1.807, 2.05) is 37.3 Å². The Morgan fingerprint density at radius 1 is 1.50 bits per heavy atom. The standard InChI is InChI=1S/C13H23N3O2/c1-10(14-2)11-5-6-13(15-7-11)16(3)8-12(17)9-18-4/h5-7,10,12,14,17H,8-9H2,1-4H3. The van der Waals surface area contributed by atoms with E-state index < -0.39 is 6.10 Å². The molecule has 0 amide bonds. The van der Waals surface area contributed by atoms with Crippen molar-refractivity contribution in [2.45, 2.75) is 19.1 Å². The van der Waals surface area contributed by atoms with Gasteiger partial charge in [0.15, 0.2) is 0 Å². The Morgan fingerprint density at radius 3 is 2.72 bits per heavy atom. The lowest BCUT2D eigenvalue weighted by Crippen LogP contribution is -2.32. The Morgan fingerprint density at radius 2 is 2.22 bits per heavy atom. The maximum atomic E-state index is 9.66. The first-order valence-corrected chi connectivity index (χ1v) is 6.09. The number of aliphatic hydroxyl groups is 1. The van der Waals surface area contributed by atoms with Crippen LogP contribution in [-0.4, -0.2) is 50.6 Å². The zero-order valence-corrected chi connectivity index (χ0v) is 11.6. The molecule has 2 unspecified atom stereocenters. The molecule has 2 N–H and O–H groups in total. The van der Waals surface area contributed by atoms with E-state index in [1.165, 1.54) is 0 Å². The molecule has 0 fully saturated rings. The monoisotopic (exact) mass is 253 g/mol. The fourth-order valence-corrected chi connectivity index (χ4v) is 1.70. The Hall–Kier alpha value is -1.17. The van der Waals surface area contributed by atoms with Crippen molar-refractivity contribution in [3.8, 4) is 0 Å². The second kappa shape index (κ2) is 7.31. The van der Waals surface area contributed by atoms with Crippen LogP contribution in [0, 0.1) is 0 Å². The molecule has 18 heavy (non-hydrogen) atoms. The molecule has 0 radical (unpaired) electrons. The molecule has 1 aromatic heterocycles. The van der Waals surface area contributed by atoms with Crippen molar-refractivity contribution in [3.63, 3.8) is 0 Å². The van der Waals surface area contributed by atoms with Crippen molar-refractivity contribution in [3.05, 3.63) is 23.9 Å². The molecule has 1 heterocycles. The van der Waals surface area contributed by atoms with Crippen LogP contribution in [0.2, 0.25) is 0 Å². The van der Waals surface area contributed by atoms with Crippen molar-refractivity contribution in [2.24, 2.45) is 0 Å². The lowest BCUT2D eigenvalue weighted by molar-refractivity contribution is 0.0694. The Labute approximate surface area is 109 Å². The number of nitrogens with one attached hydrogen (secondary N) is 1. The maximum absolute atomic E-state index is 9.66. The highest BCUT2D eigenvalue weighted by atomic mass is 16.5. The number of hydrogen-bond acceptors (Lipinski definition) is 5. The molecular formula is C13H23N3O2. The molecule has 0 aliphatic heterocycles. The Kier molecular flexibility index (Phi) is 6.04. The van der Waals surface area contributed by atoms with Crippen LogP contribution in [0.15, 0.2) is 18.3 Å². The highest BCUT2D eigenvalue weighted by Crippen LogP contribution is 2.15. The van der Waals surface area contributed by atoms with E-state index in [1.54, 1.807) is 7.11 Å². The molecule has 0 aliphatic rings. The van der Waals surface area contributed by atoms with Crippen molar-refractivity contribution < 1.29 is 9.84 Å². The highest BCUT2D eigenvalue weighted by molar-refractivity contribution is 5.38. The fraction of sp³-hybridized carbons (Fsp3) is 0.615. The van der Waals surface area contributed by atoms with E-state index in [2.05, 4.69) is 17.2 Å². The van der Waals surface area contributed by atoms with Crippen molar-refractivity contribution in [2.75, 3.05) is 39.3 Å². The number of methoxy groups -OCH3 is 1. The minimum absolute atomic E-state index is 0.288. The van der Waals surface area contributed by atoms with E-state index in [9.17, 15) is 5.11 Å². The predicted octanol–water partition coefficient (Wildman–Crippen LogP) is 0.805. The molecule has 0 saturated heterocycles. The molecule has 0 spiro atoms. The number of aromatic nitrogens is 1. The summed E-state index contributed by atoms with van der Waals surface area (Å²) < 4.78 is 4.90. The number of ether oxygens (including phenoxy) is 1. The summed E-state index contributed by atoms with van der Waals surface area (Å²) in [5, 5.41) is 12.8. The number of anilines is 1. The SMILES string of the molecule is CNC(C)c1ccc(N(C)CC(O)COC)nc1. The minimum atomic E-state index is -0.502. The van der Waals surface area contributed by atoms with Crippen LogP contribution in [0.5, 0.6) is 0 Å². The average Bonchev–Trinajstić information content (AvgIpc) is 2.38. The van der Waals surface area contributed by atoms with Crippen LogP contribution in [0.1, 0.15) is 18.5 Å². The smallest absolute Gasteiger partial charge is 0.128 e. The van der Waals surface area contributed by atoms with Crippen LogP contribution in [0.3, 0.4) is 0 Å². The van der Waals surface area contributed by atoms with Crippen molar-refractivity contribution in [1.29, 1.82) is 0 Å². The third-order valence-electron chi connectivity index (χ3n) is 2.94. The van der Waals surface area contributed by atoms with E-state index >= 15 is 0 Å². The first-order valence-electron chi connectivity index (χ1n) is 6.09. The van der Waals surface area contributed by atoms with Crippen molar-refractivity contribution >= 4 is 5.82 Å². The molecule has 1 rings (SSSR count). The van der Waals surface area contributed by atoms with Crippen molar-refractivity contribution in [1.82, 2.24) is 10.3 Å². The molecule has 2 atom stereocenters. The first kappa shape index (κ1) is 14.9. The van der Waals surface area contributed by atoms with Gasteiger partial charge in [0.1, 0.15) is 5.82 Å². The molecule has 0 bridgehead atoms. The van der Waals surface area contributed by atoms with Gasteiger partial charge in [0.25, 0.3) is 0 Å². The van der Waals surface area contributed by atoms with Gasteiger partial charge in [-0.1, -0.05) is 6.07 Å². The van der Waals surface area contributed by atoms with Gasteiger partial charge >= 0.3 is 0 Å². The second-order valence-corrected chi connectivity index (χ2v) is 4.45. The molecule has 5 heteroatoms. The van der Waals surface area contributed by atoms with E-state index in [0.717, 1.165) is 11.4 Å². The third-order valence-corrected chi connectivity index (χ3v) is 2.94. The number of hydrogen-bond donors (Lipinski definition) is 2. The van der Waals surface area contributed by atoms with Crippen LogP contribution >= 0.6 is 0 Å². The number of aliphatic hydroxyl groups excluding tert-OH is 1. The lowest BCUT2D eigenvalue weighted by atomic mass is 10.1. The summed E-state index contributed by atoms with van der Waals surface area (Å²) in [6.07, 6.45) is 1.35. The molecule has 0 aliphatic carbocycles. The summed E-state index contributed by atoms with van der Waals surface area (Å²) in [4.78, 5) is 6.31. The first-order chi connectivity index (χ1) is 8.58. The predicted molar refractivity (Wildman–Crippen MR) is 72.9 cm³/mol. The summed E-state index contributed by atoms with van der Waals surface area (Å²) in [6, 6.07) is 4.29. The molecule has 0 aromatic carbocycles. The van der Waals surface area contributed by atoms with Gasteiger partial charge < -0.3 is 20.1 Å². The van der Waals surface area contributed by atoms with Gasteiger partial charge in [0, 0.05) is 32.9 Å². The highest BCUT2D eigenvalue weighted by Gasteiger charge is 2.10. The quantitative estimate of drug-likeness (QED) is 0.753. The third kappa shape index (κ3) is 4.25. The van der Waals surface area contributed by atoms with Crippen LogP contribution in [-0.2, 0) is 4.74 Å². The molecular weight excluding hydrogens is 230 g/mol. The van der Waals surface area contributed by atoms with Crippen LogP contribution < -0.4 is 10.2 Å². The number of rotatable bonds is 7. The molecule has 0 saturated carbocycles. The van der Waals surface area contributed by atoms with Gasteiger partial charge in [-0.15, -0.1) is 0 Å². The van der Waals surface area contributed by atoms with Crippen LogP contribution in [0.25, 0.3) is 0 Å². The number of likely N-dealkylation sites (N-methyl/N-ethyl adjacent to an activating group) is 1. The number of nitrogens with zero attached hydrogens (tertiary/aromatic N) is 2. The maximum Gasteiger partial charge on any atom is 0.128 e. The molecule has 1 aromatic rings. The molecule has 5 nitrogen and oxygen atoms in total. The Balaban J connectivity index is 2.61.